The number of aryl methyl sites for hydroxylation is 1. The summed E-state index contributed by atoms with van der Waals surface area (Å²) >= 11 is 0. The van der Waals surface area contributed by atoms with Gasteiger partial charge in [0, 0.05) is 5.54 Å². The molecule has 0 radical (unpaired) electrons. The van der Waals surface area contributed by atoms with E-state index in [2.05, 4.69) is 12.2 Å². The molecule has 1 aliphatic rings. The maximum Gasteiger partial charge on any atom is 0.123 e. The van der Waals surface area contributed by atoms with E-state index in [1.165, 1.54) is 5.56 Å². The van der Waals surface area contributed by atoms with Gasteiger partial charge in [-0.15, -0.1) is 0 Å². The molecule has 1 aliphatic carbocycles. The van der Waals surface area contributed by atoms with Crippen LogP contribution >= 0.6 is 0 Å². The summed E-state index contributed by atoms with van der Waals surface area (Å²) in [5, 5.41) is 3.33. The molecule has 1 N–H and O–H groups in total. The smallest absolute Gasteiger partial charge is 0.123 e. The summed E-state index contributed by atoms with van der Waals surface area (Å²) in [4.78, 5) is 0. The van der Waals surface area contributed by atoms with Gasteiger partial charge in [0.15, 0.2) is 0 Å². The summed E-state index contributed by atoms with van der Waals surface area (Å²) in [7, 11) is 1.97. The first-order valence-electron chi connectivity index (χ1n) is 5.13. The summed E-state index contributed by atoms with van der Waals surface area (Å²) in [6, 6.07) is 5.14. The number of halogens is 1. The molecule has 1 unspecified atom stereocenters. The van der Waals surface area contributed by atoms with Crippen LogP contribution in [0.15, 0.2) is 18.2 Å². The quantitative estimate of drug-likeness (QED) is 0.723. The van der Waals surface area contributed by atoms with Crippen LogP contribution in [0.2, 0.25) is 0 Å². The van der Waals surface area contributed by atoms with Crippen molar-refractivity contribution >= 4 is 0 Å². The minimum Gasteiger partial charge on any atom is -0.311 e. The van der Waals surface area contributed by atoms with Crippen molar-refractivity contribution in [3.05, 3.63) is 35.1 Å². The second-order valence-corrected chi connectivity index (χ2v) is 4.24. The molecule has 1 aromatic carbocycles. The summed E-state index contributed by atoms with van der Waals surface area (Å²) in [6.45, 7) is 2.18. The minimum atomic E-state index is -0.121. The Bertz CT molecular complexity index is 348. The predicted molar refractivity (Wildman–Crippen MR) is 55.7 cm³/mol. The first-order chi connectivity index (χ1) is 6.65. The van der Waals surface area contributed by atoms with Crippen molar-refractivity contribution in [2.24, 2.45) is 0 Å². The van der Waals surface area contributed by atoms with Crippen LogP contribution in [-0.2, 0) is 12.0 Å². The van der Waals surface area contributed by atoms with Gasteiger partial charge in [0.2, 0.25) is 0 Å². The molecule has 0 heterocycles. The highest BCUT2D eigenvalue weighted by molar-refractivity contribution is 5.36. The predicted octanol–water partition coefficient (Wildman–Crippen LogP) is 2.60. The van der Waals surface area contributed by atoms with Crippen LogP contribution in [0.5, 0.6) is 0 Å². The fraction of sp³-hybridized carbons (Fsp3) is 0.500. The van der Waals surface area contributed by atoms with E-state index in [-0.39, 0.29) is 11.4 Å². The van der Waals surface area contributed by atoms with Crippen molar-refractivity contribution < 1.29 is 4.39 Å². The van der Waals surface area contributed by atoms with Gasteiger partial charge in [-0.05, 0) is 56.5 Å². The lowest BCUT2D eigenvalue weighted by atomic mass is 9.78. The highest BCUT2D eigenvalue weighted by atomic mass is 19.1. The van der Waals surface area contributed by atoms with Crippen molar-refractivity contribution in [3.8, 4) is 0 Å². The number of rotatable bonds is 1. The molecule has 14 heavy (non-hydrogen) atoms. The number of hydrogen-bond donors (Lipinski definition) is 1. The zero-order valence-electron chi connectivity index (χ0n) is 8.73. The Morgan fingerprint density at radius 2 is 2.21 bits per heavy atom. The van der Waals surface area contributed by atoms with Gasteiger partial charge >= 0.3 is 0 Å². The lowest BCUT2D eigenvalue weighted by Crippen LogP contribution is -2.39. The van der Waals surface area contributed by atoms with Crippen LogP contribution < -0.4 is 5.32 Å². The highest BCUT2D eigenvalue weighted by Gasteiger charge is 2.30. The Morgan fingerprint density at radius 1 is 1.43 bits per heavy atom. The van der Waals surface area contributed by atoms with Gasteiger partial charge in [-0.25, -0.2) is 4.39 Å². The van der Waals surface area contributed by atoms with E-state index >= 15 is 0 Å². The maximum atomic E-state index is 13.0. The second-order valence-electron chi connectivity index (χ2n) is 4.24. The Morgan fingerprint density at radius 3 is 2.93 bits per heavy atom. The number of nitrogens with one attached hydrogen (secondary N) is 1. The third-order valence-corrected chi connectivity index (χ3v) is 3.34. The molecule has 0 bridgehead atoms. The van der Waals surface area contributed by atoms with Gasteiger partial charge in [0.25, 0.3) is 0 Å². The highest BCUT2D eigenvalue weighted by Crippen LogP contribution is 2.34. The van der Waals surface area contributed by atoms with E-state index in [0.717, 1.165) is 24.8 Å². The van der Waals surface area contributed by atoms with Gasteiger partial charge < -0.3 is 5.32 Å². The van der Waals surface area contributed by atoms with Gasteiger partial charge in [0.05, 0.1) is 0 Å². The average molecular weight is 193 g/mol. The Labute approximate surface area is 84.3 Å². The van der Waals surface area contributed by atoms with Crippen LogP contribution in [0.4, 0.5) is 4.39 Å². The van der Waals surface area contributed by atoms with Crippen LogP contribution in [-0.4, -0.2) is 7.05 Å². The topological polar surface area (TPSA) is 12.0 Å². The summed E-state index contributed by atoms with van der Waals surface area (Å²) in [5.74, 6) is -0.121. The SMILES string of the molecule is CNC1(C)CCCc2cc(F)ccc21. The summed E-state index contributed by atoms with van der Waals surface area (Å²) in [6.07, 6.45) is 3.26. The molecule has 1 atom stereocenters. The zero-order valence-corrected chi connectivity index (χ0v) is 8.73. The molecule has 76 valence electrons. The third-order valence-electron chi connectivity index (χ3n) is 3.34. The molecule has 0 fully saturated rings. The lowest BCUT2D eigenvalue weighted by molar-refractivity contribution is 0.337. The molecule has 2 heteroatoms. The van der Waals surface area contributed by atoms with E-state index < -0.39 is 0 Å². The molecule has 1 nitrogen and oxygen atoms in total. The van der Waals surface area contributed by atoms with Gasteiger partial charge in [-0.2, -0.15) is 0 Å². The molecule has 0 spiro atoms. The molecule has 2 rings (SSSR count). The monoisotopic (exact) mass is 193 g/mol. The van der Waals surface area contributed by atoms with Crippen LogP contribution in [0, 0.1) is 5.82 Å². The molecule has 0 saturated heterocycles. The number of fused-ring (bicyclic) bond motifs is 1. The minimum absolute atomic E-state index is 0.0291. The molecule has 0 aromatic heterocycles. The van der Waals surface area contributed by atoms with Crippen molar-refractivity contribution in [1.82, 2.24) is 5.32 Å². The van der Waals surface area contributed by atoms with Crippen LogP contribution in [0.25, 0.3) is 0 Å². The number of benzene rings is 1. The third kappa shape index (κ3) is 1.44. The second kappa shape index (κ2) is 3.35. The Balaban J connectivity index is 2.50. The molecule has 1 aromatic rings. The maximum absolute atomic E-state index is 13.0. The zero-order chi connectivity index (χ0) is 10.2. The molecule has 0 amide bonds. The van der Waals surface area contributed by atoms with Crippen molar-refractivity contribution in [3.63, 3.8) is 0 Å². The molecule has 0 aliphatic heterocycles. The molecular weight excluding hydrogens is 177 g/mol. The first kappa shape index (κ1) is 9.66. The molecule has 0 saturated carbocycles. The van der Waals surface area contributed by atoms with E-state index in [1.807, 2.05) is 13.1 Å². The van der Waals surface area contributed by atoms with Gasteiger partial charge in [-0.1, -0.05) is 6.07 Å². The summed E-state index contributed by atoms with van der Waals surface area (Å²) in [5.41, 5.74) is 2.45. The molecular formula is C12H16FN. The van der Waals surface area contributed by atoms with Gasteiger partial charge in [0.1, 0.15) is 5.82 Å². The van der Waals surface area contributed by atoms with Crippen molar-refractivity contribution in [2.75, 3.05) is 7.05 Å². The first-order valence-corrected chi connectivity index (χ1v) is 5.13. The fourth-order valence-electron chi connectivity index (χ4n) is 2.33. The van der Waals surface area contributed by atoms with E-state index in [9.17, 15) is 4.39 Å². The van der Waals surface area contributed by atoms with E-state index in [4.69, 9.17) is 0 Å². The fourth-order valence-corrected chi connectivity index (χ4v) is 2.33. The normalized spacial score (nSPS) is 25.9. The van der Waals surface area contributed by atoms with Gasteiger partial charge in [-0.3, -0.25) is 0 Å². The Hall–Kier alpha value is -0.890. The average Bonchev–Trinajstić information content (AvgIpc) is 2.18. The van der Waals surface area contributed by atoms with Crippen LogP contribution in [0.3, 0.4) is 0 Å². The lowest BCUT2D eigenvalue weighted by Gasteiger charge is -2.35. The standard InChI is InChI=1S/C12H16FN/c1-12(14-2)7-3-4-9-8-10(13)5-6-11(9)12/h5-6,8,14H,3-4,7H2,1-2H3. The number of hydrogen-bond acceptors (Lipinski definition) is 1. The largest absolute Gasteiger partial charge is 0.311 e. The van der Waals surface area contributed by atoms with E-state index in [1.54, 1.807) is 12.1 Å². The van der Waals surface area contributed by atoms with Crippen molar-refractivity contribution in [2.45, 2.75) is 31.7 Å². The van der Waals surface area contributed by atoms with Crippen molar-refractivity contribution in [1.29, 1.82) is 0 Å². The van der Waals surface area contributed by atoms with E-state index in [0.29, 0.717) is 0 Å². The summed E-state index contributed by atoms with van der Waals surface area (Å²) < 4.78 is 13.0. The Kier molecular flexibility index (Phi) is 2.31. The van der Waals surface area contributed by atoms with Crippen LogP contribution in [0.1, 0.15) is 30.9 Å².